The Labute approximate surface area is 172 Å². The average Bonchev–Trinajstić information content (AvgIpc) is 2.75. The van der Waals surface area contributed by atoms with Crippen LogP contribution in [-0.2, 0) is 5.60 Å². The number of aromatic nitrogens is 2. The van der Waals surface area contributed by atoms with Crippen LogP contribution in [0, 0.1) is 0 Å². The molecule has 156 valence electrons. The largest absolute Gasteiger partial charge is 0.393 e. The van der Waals surface area contributed by atoms with Gasteiger partial charge in [-0.15, -0.1) is 0 Å². The molecule has 0 spiro atoms. The molecule has 1 aromatic heterocycles. The van der Waals surface area contributed by atoms with E-state index < -0.39 is 5.60 Å². The minimum atomic E-state index is -0.901. The number of likely N-dealkylation sites (N-methyl/N-ethyl adjacent to an activating group) is 1. The van der Waals surface area contributed by atoms with Crippen LogP contribution in [0.3, 0.4) is 0 Å². The smallest absolute Gasteiger partial charge is 0.227 e. The molecule has 0 radical (unpaired) electrons. The molecule has 29 heavy (non-hydrogen) atoms. The van der Waals surface area contributed by atoms with E-state index in [1.807, 2.05) is 56.7 Å². The fraction of sp³-hybridized carbons (Fsp3) is 0.545. The molecule has 2 N–H and O–H groups in total. The van der Waals surface area contributed by atoms with Crippen LogP contribution in [0.5, 0.6) is 0 Å². The molecule has 4 rings (SSSR count). The Hall–Kier alpha value is -2.22. The van der Waals surface area contributed by atoms with Gasteiger partial charge >= 0.3 is 0 Å². The fourth-order valence-corrected chi connectivity index (χ4v) is 4.52. The number of aliphatic hydroxyl groups excluding tert-OH is 1. The van der Waals surface area contributed by atoms with E-state index in [0.29, 0.717) is 25.5 Å². The van der Waals surface area contributed by atoms with Crippen molar-refractivity contribution in [2.24, 2.45) is 0 Å². The molecule has 2 saturated heterocycles. The summed E-state index contributed by atoms with van der Waals surface area (Å²) in [6.45, 7) is 2.97. The number of piperidine rings is 2. The van der Waals surface area contributed by atoms with Gasteiger partial charge in [-0.25, -0.2) is 4.98 Å². The molecule has 2 atom stereocenters. The summed E-state index contributed by atoms with van der Waals surface area (Å²) in [4.78, 5) is 15.8. The Morgan fingerprint density at radius 2 is 1.76 bits per heavy atom. The van der Waals surface area contributed by atoms with Gasteiger partial charge in [-0.3, -0.25) is 0 Å². The summed E-state index contributed by atoms with van der Waals surface area (Å²) >= 11 is 0. The number of anilines is 2. The minimum Gasteiger partial charge on any atom is -0.393 e. The second-order valence-electron chi connectivity index (χ2n) is 8.40. The highest BCUT2D eigenvalue weighted by atomic mass is 16.3. The highest BCUT2D eigenvalue weighted by Gasteiger charge is 2.44. The number of rotatable bonds is 4. The molecule has 7 heteroatoms. The van der Waals surface area contributed by atoms with Gasteiger partial charge in [-0.05, 0) is 45.0 Å². The second-order valence-corrected chi connectivity index (χ2v) is 8.40. The third-order valence-corrected chi connectivity index (χ3v) is 6.30. The maximum Gasteiger partial charge on any atom is 0.227 e. The number of aliphatic hydroxyl groups is 2. The highest BCUT2D eigenvalue weighted by molar-refractivity contribution is 5.45. The summed E-state index contributed by atoms with van der Waals surface area (Å²) in [7, 11) is 4.02. The lowest BCUT2D eigenvalue weighted by Crippen LogP contribution is -2.59. The van der Waals surface area contributed by atoms with Crippen LogP contribution in [0.2, 0.25) is 0 Å². The monoisotopic (exact) mass is 397 g/mol. The molecule has 0 unspecified atom stereocenters. The number of benzene rings is 1. The van der Waals surface area contributed by atoms with Gasteiger partial charge in [0.2, 0.25) is 5.95 Å². The first-order valence-corrected chi connectivity index (χ1v) is 10.4. The molecule has 2 aliphatic heterocycles. The van der Waals surface area contributed by atoms with Gasteiger partial charge in [0.15, 0.2) is 0 Å². The van der Waals surface area contributed by atoms with Crippen LogP contribution in [0.15, 0.2) is 42.6 Å². The van der Waals surface area contributed by atoms with Crippen molar-refractivity contribution in [1.82, 2.24) is 14.9 Å². The van der Waals surface area contributed by atoms with Crippen LogP contribution in [0.1, 0.15) is 24.8 Å². The molecule has 3 heterocycles. The van der Waals surface area contributed by atoms with E-state index in [1.165, 1.54) is 0 Å². The summed E-state index contributed by atoms with van der Waals surface area (Å²) in [6, 6.07) is 11.8. The molecule has 0 bridgehead atoms. The lowest BCUT2D eigenvalue weighted by atomic mass is 9.80. The predicted octanol–water partition coefficient (Wildman–Crippen LogP) is 1.47. The Morgan fingerprint density at radius 3 is 2.45 bits per heavy atom. The van der Waals surface area contributed by atoms with E-state index in [0.717, 1.165) is 37.3 Å². The minimum absolute atomic E-state index is 0.0731. The Balaban J connectivity index is 1.54. The maximum atomic E-state index is 11.6. The Morgan fingerprint density at radius 1 is 1.03 bits per heavy atom. The first-order valence-electron chi connectivity index (χ1n) is 10.4. The van der Waals surface area contributed by atoms with Crippen LogP contribution >= 0.6 is 0 Å². The second kappa shape index (κ2) is 8.26. The van der Waals surface area contributed by atoms with Gasteiger partial charge in [-0.1, -0.05) is 30.3 Å². The van der Waals surface area contributed by atoms with E-state index in [9.17, 15) is 10.2 Å². The van der Waals surface area contributed by atoms with Gasteiger partial charge in [0.05, 0.1) is 12.1 Å². The summed E-state index contributed by atoms with van der Waals surface area (Å²) in [5.41, 5.74) is 0.0573. The molecular weight excluding hydrogens is 366 g/mol. The van der Waals surface area contributed by atoms with E-state index in [-0.39, 0.29) is 12.1 Å². The molecule has 0 saturated carbocycles. The lowest BCUT2D eigenvalue weighted by Gasteiger charge is -2.47. The van der Waals surface area contributed by atoms with E-state index in [2.05, 4.69) is 19.7 Å². The molecule has 2 aliphatic rings. The number of hydrogen-bond acceptors (Lipinski definition) is 7. The zero-order chi connectivity index (χ0) is 20.4. The number of hydrogen-bond donors (Lipinski definition) is 2. The molecule has 0 amide bonds. The SMILES string of the molecule is CN(C)[C@@H]1CN(c2nccc(N3CCC(O)CC3)n2)CC[C@]1(O)c1ccccc1. The van der Waals surface area contributed by atoms with Crippen LogP contribution in [0.4, 0.5) is 11.8 Å². The van der Waals surface area contributed by atoms with Crippen molar-refractivity contribution in [2.45, 2.75) is 37.0 Å². The van der Waals surface area contributed by atoms with Gasteiger partial charge in [-0.2, -0.15) is 4.98 Å². The first-order chi connectivity index (χ1) is 14.0. The van der Waals surface area contributed by atoms with E-state index >= 15 is 0 Å². The number of nitrogens with zero attached hydrogens (tertiary/aromatic N) is 5. The molecule has 1 aromatic carbocycles. The molecule has 2 fully saturated rings. The summed E-state index contributed by atoms with van der Waals surface area (Å²) in [6.07, 6.45) is 3.77. The van der Waals surface area contributed by atoms with Gasteiger partial charge in [0.1, 0.15) is 11.4 Å². The van der Waals surface area contributed by atoms with Crippen molar-refractivity contribution >= 4 is 11.8 Å². The van der Waals surface area contributed by atoms with Crippen LogP contribution in [0.25, 0.3) is 0 Å². The van der Waals surface area contributed by atoms with Gasteiger partial charge < -0.3 is 24.9 Å². The van der Waals surface area contributed by atoms with Crippen molar-refractivity contribution < 1.29 is 10.2 Å². The topological polar surface area (TPSA) is 76.0 Å². The van der Waals surface area contributed by atoms with E-state index in [1.54, 1.807) is 0 Å². The molecule has 0 aliphatic carbocycles. The normalized spacial score (nSPS) is 26.2. The molecule has 7 nitrogen and oxygen atoms in total. The van der Waals surface area contributed by atoms with E-state index in [4.69, 9.17) is 4.98 Å². The highest BCUT2D eigenvalue weighted by Crippen LogP contribution is 2.36. The molecule has 2 aromatic rings. The molecular formula is C22H31N5O2. The first kappa shape index (κ1) is 20.1. The van der Waals surface area contributed by atoms with Gasteiger partial charge in [0, 0.05) is 32.4 Å². The zero-order valence-corrected chi connectivity index (χ0v) is 17.3. The predicted molar refractivity (Wildman–Crippen MR) is 114 cm³/mol. The van der Waals surface area contributed by atoms with Crippen molar-refractivity contribution in [3.8, 4) is 0 Å². The van der Waals surface area contributed by atoms with Crippen LogP contribution in [-0.4, -0.2) is 77.5 Å². The summed E-state index contributed by atoms with van der Waals surface area (Å²) in [5, 5.41) is 21.3. The Kier molecular flexibility index (Phi) is 5.72. The fourth-order valence-electron chi connectivity index (χ4n) is 4.52. The van der Waals surface area contributed by atoms with Crippen molar-refractivity contribution in [3.63, 3.8) is 0 Å². The standard InChI is InChI=1S/C22H31N5O2/c1-25(2)19-16-27(15-11-22(19,29)17-6-4-3-5-7-17)21-23-12-8-20(24-21)26-13-9-18(28)10-14-26/h3-8,12,18-19,28-29H,9-11,13-16H2,1-2H3/t19-,22+/m1/s1. The third-order valence-electron chi connectivity index (χ3n) is 6.30. The van der Waals surface area contributed by atoms with Crippen molar-refractivity contribution in [2.75, 3.05) is 50.1 Å². The zero-order valence-electron chi connectivity index (χ0n) is 17.3. The van der Waals surface area contributed by atoms with Gasteiger partial charge in [0.25, 0.3) is 0 Å². The van der Waals surface area contributed by atoms with Crippen LogP contribution < -0.4 is 9.80 Å². The average molecular weight is 398 g/mol. The van der Waals surface area contributed by atoms with Crippen molar-refractivity contribution in [3.05, 3.63) is 48.2 Å². The maximum absolute atomic E-state index is 11.6. The lowest BCUT2D eigenvalue weighted by molar-refractivity contribution is -0.0528. The quantitative estimate of drug-likeness (QED) is 0.809. The Bertz CT molecular complexity index is 810. The summed E-state index contributed by atoms with van der Waals surface area (Å²) < 4.78 is 0. The third kappa shape index (κ3) is 4.08. The van der Waals surface area contributed by atoms with Crippen molar-refractivity contribution in [1.29, 1.82) is 0 Å². The summed E-state index contributed by atoms with van der Waals surface area (Å²) in [5.74, 6) is 1.61.